The van der Waals surface area contributed by atoms with Crippen LogP contribution in [-0.4, -0.2) is 25.8 Å². The van der Waals surface area contributed by atoms with E-state index >= 15 is 0 Å². The zero-order chi connectivity index (χ0) is 13.1. The molecule has 0 aliphatic heterocycles. The van der Waals surface area contributed by atoms with Crippen molar-refractivity contribution in [3.63, 3.8) is 0 Å². The molecule has 2 N–H and O–H groups in total. The third-order valence-electron chi connectivity index (χ3n) is 2.41. The second-order valence-corrected chi connectivity index (χ2v) is 4.64. The molecule has 19 heavy (non-hydrogen) atoms. The van der Waals surface area contributed by atoms with Crippen LogP contribution in [0.1, 0.15) is 4.88 Å². The molecule has 94 valence electrons. The molecule has 0 fully saturated rings. The van der Waals surface area contributed by atoms with E-state index in [2.05, 4.69) is 25.3 Å². The van der Waals surface area contributed by atoms with E-state index < -0.39 is 0 Å². The second kappa shape index (κ2) is 4.99. The van der Waals surface area contributed by atoms with Crippen molar-refractivity contribution in [3.05, 3.63) is 41.1 Å². The van der Waals surface area contributed by atoms with Gasteiger partial charge in [0.05, 0.1) is 6.33 Å². The molecule has 0 aliphatic rings. The number of hydrogen-bond acceptors (Lipinski definition) is 5. The number of hydrogen-bond donors (Lipinski definition) is 2. The van der Waals surface area contributed by atoms with Gasteiger partial charge in [0.25, 0.3) is 0 Å². The highest BCUT2D eigenvalue weighted by Crippen LogP contribution is 2.15. The summed E-state index contributed by atoms with van der Waals surface area (Å²) >= 11 is 1.57. The second-order valence-electron chi connectivity index (χ2n) is 3.66. The molecule has 0 radical (unpaired) electrons. The van der Waals surface area contributed by atoms with E-state index in [1.54, 1.807) is 17.4 Å². The standard InChI is InChI=1S/C12H9N5OS/c18-9(4-3-8-2-1-5-19-8)17-12-10-11(14-6-13-10)15-7-16-12/h1-7H,(H2,13,14,15,16,17,18)/b4-3+. The lowest BCUT2D eigenvalue weighted by Crippen LogP contribution is -2.09. The first kappa shape index (κ1) is 11.5. The number of thiophene rings is 1. The molecule has 3 aromatic rings. The maximum absolute atomic E-state index is 11.8. The first-order chi connectivity index (χ1) is 9.33. The largest absolute Gasteiger partial charge is 0.340 e. The van der Waals surface area contributed by atoms with Crippen molar-refractivity contribution >= 4 is 40.3 Å². The highest BCUT2D eigenvalue weighted by Gasteiger charge is 2.07. The van der Waals surface area contributed by atoms with Crippen LogP contribution in [-0.2, 0) is 4.79 Å². The number of carbonyl (C=O) groups is 1. The number of aromatic amines is 1. The van der Waals surface area contributed by atoms with Crippen LogP contribution in [0.2, 0.25) is 0 Å². The van der Waals surface area contributed by atoms with Gasteiger partial charge in [0.15, 0.2) is 11.5 Å². The number of carbonyl (C=O) groups excluding carboxylic acids is 1. The number of imidazole rings is 1. The number of anilines is 1. The average molecular weight is 271 g/mol. The lowest BCUT2D eigenvalue weighted by Gasteiger charge is -2.00. The van der Waals surface area contributed by atoms with Crippen LogP contribution in [0.5, 0.6) is 0 Å². The summed E-state index contributed by atoms with van der Waals surface area (Å²) in [5.41, 5.74) is 1.13. The maximum atomic E-state index is 11.8. The van der Waals surface area contributed by atoms with Crippen molar-refractivity contribution in [1.29, 1.82) is 0 Å². The first-order valence-corrected chi connectivity index (χ1v) is 6.37. The summed E-state index contributed by atoms with van der Waals surface area (Å²) in [5, 5.41) is 4.64. The summed E-state index contributed by atoms with van der Waals surface area (Å²) in [6.45, 7) is 0. The lowest BCUT2D eigenvalue weighted by atomic mass is 10.4. The van der Waals surface area contributed by atoms with Crippen molar-refractivity contribution in [2.45, 2.75) is 0 Å². The van der Waals surface area contributed by atoms with Crippen LogP contribution in [0.3, 0.4) is 0 Å². The molecule has 0 unspecified atom stereocenters. The van der Waals surface area contributed by atoms with E-state index in [-0.39, 0.29) is 5.91 Å². The molecule has 3 heterocycles. The molecule has 0 aromatic carbocycles. The van der Waals surface area contributed by atoms with Crippen molar-refractivity contribution < 1.29 is 4.79 Å². The van der Waals surface area contributed by atoms with Gasteiger partial charge >= 0.3 is 0 Å². The molecule has 7 heteroatoms. The summed E-state index contributed by atoms with van der Waals surface area (Å²) in [6.07, 6.45) is 6.10. The molecule has 6 nitrogen and oxygen atoms in total. The van der Waals surface area contributed by atoms with Crippen molar-refractivity contribution in [1.82, 2.24) is 19.9 Å². The van der Waals surface area contributed by atoms with Gasteiger partial charge in [-0.15, -0.1) is 11.3 Å². The van der Waals surface area contributed by atoms with Crippen LogP contribution >= 0.6 is 11.3 Å². The minimum absolute atomic E-state index is 0.247. The predicted octanol–water partition coefficient (Wildman–Crippen LogP) is 2.07. The Morgan fingerprint density at radius 1 is 1.37 bits per heavy atom. The van der Waals surface area contributed by atoms with Gasteiger partial charge in [0.2, 0.25) is 5.91 Å². The summed E-state index contributed by atoms with van der Waals surface area (Å²) in [5.74, 6) is 0.173. The van der Waals surface area contributed by atoms with Gasteiger partial charge in [-0.3, -0.25) is 4.79 Å². The average Bonchev–Trinajstić information content (AvgIpc) is 3.08. The number of nitrogens with zero attached hydrogens (tertiary/aromatic N) is 3. The fourth-order valence-electron chi connectivity index (χ4n) is 1.56. The third kappa shape index (κ3) is 2.50. The molecular weight excluding hydrogens is 262 g/mol. The molecule has 0 spiro atoms. The van der Waals surface area contributed by atoms with E-state index in [9.17, 15) is 4.79 Å². The minimum atomic E-state index is -0.247. The Morgan fingerprint density at radius 3 is 3.16 bits per heavy atom. The highest BCUT2D eigenvalue weighted by atomic mass is 32.1. The lowest BCUT2D eigenvalue weighted by molar-refractivity contribution is -0.111. The fraction of sp³-hybridized carbons (Fsp3) is 0. The zero-order valence-corrected chi connectivity index (χ0v) is 10.5. The highest BCUT2D eigenvalue weighted by molar-refractivity contribution is 7.10. The van der Waals surface area contributed by atoms with E-state index in [1.807, 2.05) is 17.5 Å². The Kier molecular flexibility index (Phi) is 3.03. The van der Waals surface area contributed by atoms with Gasteiger partial charge in [0, 0.05) is 11.0 Å². The topological polar surface area (TPSA) is 83.6 Å². The summed E-state index contributed by atoms with van der Waals surface area (Å²) in [6, 6.07) is 3.87. The minimum Gasteiger partial charge on any atom is -0.340 e. The third-order valence-corrected chi connectivity index (χ3v) is 3.24. The van der Waals surface area contributed by atoms with Crippen LogP contribution < -0.4 is 5.32 Å². The molecule has 0 bridgehead atoms. The Balaban J connectivity index is 1.78. The van der Waals surface area contributed by atoms with Crippen LogP contribution in [0.15, 0.2) is 36.2 Å². The van der Waals surface area contributed by atoms with Gasteiger partial charge in [-0.2, -0.15) is 0 Å². The first-order valence-electron chi connectivity index (χ1n) is 5.49. The number of fused-ring (bicyclic) bond motifs is 1. The number of amides is 1. The maximum Gasteiger partial charge on any atom is 0.249 e. The Labute approximate surface area is 112 Å². The van der Waals surface area contributed by atoms with E-state index in [1.165, 1.54) is 18.7 Å². The number of nitrogens with one attached hydrogen (secondary N) is 2. The molecule has 0 saturated carbocycles. The monoisotopic (exact) mass is 271 g/mol. The SMILES string of the molecule is O=C(/C=C/c1cccs1)Nc1ncnc2nc[nH]c12. The smallest absolute Gasteiger partial charge is 0.249 e. The Hall–Kier alpha value is -2.54. The predicted molar refractivity (Wildman–Crippen MR) is 73.7 cm³/mol. The summed E-state index contributed by atoms with van der Waals surface area (Å²) in [4.78, 5) is 27.7. The van der Waals surface area contributed by atoms with Gasteiger partial charge in [-0.25, -0.2) is 15.0 Å². The zero-order valence-electron chi connectivity index (χ0n) is 9.70. The normalized spacial score (nSPS) is 11.2. The molecule has 1 amide bonds. The quantitative estimate of drug-likeness (QED) is 0.714. The fourth-order valence-corrected chi connectivity index (χ4v) is 2.18. The van der Waals surface area contributed by atoms with Crippen LogP contribution in [0.25, 0.3) is 17.2 Å². The van der Waals surface area contributed by atoms with Crippen molar-refractivity contribution in [2.24, 2.45) is 0 Å². The summed E-state index contributed by atoms with van der Waals surface area (Å²) < 4.78 is 0. The van der Waals surface area contributed by atoms with Gasteiger partial charge < -0.3 is 10.3 Å². The molecular formula is C12H9N5OS. The Morgan fingerprint density at radius 2 is 2.32 bits per heavy atom. The van der Waals surface area contributed by atoms with Gasteiger partial charge in [-0.05, 0) is 17.5 Å². The molecule has 3 aromatic heterocycles. The van der Waals surface area contributed by atoms with Crippen molar-refractivity contribution in [2.75, 3.05) is 5.32 Å². The molecule has 0 saturated heterocycles. The number of H-pyrrole nitrogens is 1. The molecule has 0 aliphatic carbocycles. The van der Waals surface area contributed by atoms with E-state index in [0.717, 1.165) is 4.88 Å². The molecule has 0 atom stereocenters. The number of aromatic nitrogens is 4. The summed E-state index contributed by atoms with van der Waals surface area (Å²) in [7, 11) is 0. The number of rotatable bonds is 3. The van der Waals surface area contributed by atoms with Gasteiger partial charge in [-0.1, -0.05) is 6.07 Å². The van der Waals surface area contributed by atoms with Crippen LogP contribution in [0.4, 0.5) is 5.82 Å². The van der Waals surface area contributed by atoms with E-state index in [0.29, 0.717) is 17.0 Å². The van der Waals surface area contributed by atoms with Gasteiger partial charge in [0.1, 0.15) is 11.8 Å². The molecule has 3 rings (SSSR count). The Bertz CT molecular complexity index is 732. The van der Waals surface area contributed by atoms with Crippen LogP contribution in [0, 0.1) is 0 Å². The van der Waals surface area contributed by atoms with E-state index in [4.69, 9.17) is 0 Å². The van der Waals surface area contributed by atoms with Crippen molar-refractivity contribution in [3.8, 4) is 0 Å².